The van der Waals surface area contributed by atoms with Gasteiger partial charge < -0.3 is 5.73 Å². The van der Waals surface area contributed by atoms with Crippen LogP contribution in [-0.4, -0.2) is 37.3 Å². The Morgan fingerprint density at radius 2 is 2.00 bits per heavy atom. The molecule has 122 valence electrons. The molecule has 1 aliphatic rings. The quantitative estimate of drug-likeness (QED) is 0.667. The molecule has 1 atom stereocenters. The van der Waals surface area contributed by atoms with Crippen molar-refractivity contribution in [1.29, 1.82) is 0 Å². The summed E-state index contributed by atoms with van der Waals surface area (Å²) in [5.74, 6) is 0. The first-order chi connectivity index (χ1) is 10.1. The lowest BCUT2D eigenvalue weighted by Crippen LogP contribution is -2.34. The lowest BCUT2D eigenvalue weighted by Gasteiger charge is -2.23. The predicted octanol–water partition coefficient (Wildman–Crippen LogP) is 1.57. The van der Waals surface area contributed by atoms with Gasteiger partial charge in [-0.25, -0.2) is 8.42 Å². The Balaban J connectivity index is 2.47. The van der Waals surface area contributed by atoms with Gasteiger partial charge in [-0.3, -0.25) is 10.1 Å². The Kier molecular flexibility index (Phi) is 4.29. The average Bonchev–Trinajstić information content (AvgIpc) is 2.82. The molecule has 1 aliphatic heterocycles. The fourth-order valence-corrected chi connectivity index (χ4v) is 4.60. The monoisotopic (exact) mass is 327 g/mol. The predicted molar refractivity (Wildman–Crippen MR) is 83.1 cm³/mol. The van der Waals surface area contributed by atoms with Crippen molar-refractivity contribution in [2.24, 2.45) is 11.1 Å². The molecule has 2 rings (SSSR count). The van der Waals surface area contributed by atoms with E-state index in [1.165, 1.54) is 4.31 Å². The minimum atomic E-state index is -3.75. The summed E-state index contributed by atoms with van der Waals surface area (Å²) in [7, 11) is -3.75. The molecule has 0 amide bonds. The second-order valence-corrected chi connectivity index (χ2v) is 8.17. The summed E-state index contributed by atoms with van der Waals surface area (Å²) in [6.45, 7) is 6.34. The maximum Gasteiger partial charge on any atom is 0.273 e. The van der Waals surface area contributed by atoms with Crippen LogP contribution in [0.3, 0.4) is 0 Å². The van der Waals surface area contributed by atoms with Crippen LogP contribution < -0.4 is 5.73 Å². The van der Waals surface area contributed by atoms with Crippen LogP contribution in [0, 0.1) is 29.4 Å². The van der Waals surface area contributed by atoms with Gasteiger partial charge in [-0.1, -0.05) is 6.92 Å². The van der Waals surface area contributed by atoms with Gasteiger partial charge in [-0.05, 0) is 43.9 Å². The summed E-state index contributed by atoms with van der Waals surface area (Å²) in [4.78, 5) is 10.5. The van der Waals surface area contributed by atoms with Crippen LogP contribution >= 0.6 is 0 Å². The van der Waals surface area contributed by atoms with E-state index in [9.17, 15) is 18.5 Å². The smallest absolute Gasteiger partial charge is 0.273 e. The van der Waals surface area contributed by atoms with Gasteiger partial charge in [0.2, 0.25) is 10.0 Å². The van der Waals surface area contributed by atoms with Gasteiger partial charge in [0, 0.05) is 24.7 Å². The summed E-state index contributed by atoms with van der Waals surface area (Å²) >= 11 is 0. The van der Waals surface area contributed by atoms with Crippen molar-refractivity contribution in [2.75, 3.05) is 19.6 Å². The molecule has 1 heterocycles. The molecule has 1 unspecified atom stereocenters. The molecule has 8 heteroatoms. The summed E-state index contributed by atoms with van der Waals surface area (Å²) in [5.41, 5.74) is 6.27. The number of rotatable bonds is 4. The summed E-state index contributed by atoms with van der Waals surface area (Å²) in [5, 5.41) is 11.1. The largest absolute Gasteiger partial charge is 0.330 e. The zero-order valence-electron chi connectivity index (χ0n) is 13.0. The number of nitro benzene ring substituents is 1. The lowest BCUT2D eigenvalue weighted by atomic mass is 9.90. The molecule has 1 aromatic rings. The molecule has 22 heavy (non-hydrogen) atoms. The van der Waals surface area contributed by atoms with Gasteiger partial charge >= 0.3 is 0 Å². The molecule has 1 fully saturated rings. The molecule has 0 saturated carbocycles. The van der Waals surface area contributed by atoms with Crippen molar-refractivity contribution in [1.82, 2.24) is 4.31 Å². The number of hydrogen-bond acceptors (Lipinski definition) is 5. The van der Waals surface area contributed by atoms with Crippen molar-refractivity contribution in [3.63, 3.8) is 0 Å². The van der Waals surface area contributed by atoms with E-state index >= 15 is 0 Å². The van der Waals surface area contributed by atoms with E-state index in [2.05, 4.69) is 0 Å². The van der Waals surface area contributed by atoms with Crippen LogP contribution in [0.25, 0.3) is 0 Å². The second-order valence-electron chi connectivity index (χ2n) is 6.26. The van der Waals surface area contributed by atoms with E-state index < -0.39 is 14.9 Å². The van der Waals surface area contributed by atoms with Crippen molar-refractivity contribution in [3.8, 4) is 0 Å². The molecule has 0 aromatic heterocycles. The third-order valence-corrected chi connectivity index (χ3v) is 6.31. The molecule has 0 spiro atoms. The number of sulfonamides is 1. The fourth-order valence-electron chi connectivity index (χ4n) is 2.79. The highest BCUT2D eigenvalue weighted by Crippen LogP contribution is 2.34. The van der Waals surface area contributed by atoms with Crippen LogP contribution in [0.15, 0.2) is 17.0 Å². The third kappa shape index (κ3) is 2.86. The Bertz CT molecular complexity index is 717. The molecule has 1 saturated heterocycles. The highest BCUT2D eigenvalue weighted by molar-refractivity contribution is 7.89. The fraction of sp³-hybridized carbons (Fsp3) is 0.571. The maximum atomic E-state index is 12.8. The Morgan fingerprint density at radius 3 is 2.50 bits per heavy atom. The van der Waals surface area contributed by atoms with Crippen molar-refractivity contribution in [3.05, 3.63) is 33.4 Å². The van der Waals surface area contributed by atoms with Gasteiger partial charge in [0.1, 0.15) is 0 Å². The minimum Gasteiger partial charge on any atom is -0.330 e. The van der Waals surface area contributed by atoms with Crippen LogP contribution in [0.1, 0.15) is 24.5 Å². The SMILES string of the molecule is Cc1cc(C)c(S(=O)(=O)N2CCC(C)(CN)C2)cc1[N+](=O)[O-]. The van der Waals surface area contributed by atoms with E-state index in [4.69, 9.17) is 5.73 Å². The van der Waals surface area contributed by atoms with Crippen LogP contribution in [0.2, 0.25) is 0 Å². The second kappa shape index (κ2) is 5.60. The Morgan fingerprint density at radius 1 is 1.36 bits per heavy atom. The van der Waals surface area contributed by atoms with Gasteiger partial charge in [0.25, 0.3) is 5.69 Å². The zero-order valence-corrected chi connectivity index (χ0v) is 13.8. The highest BCUT2D eigenvalue weighted by Gasteiger charge is 2.40. The number of aryl methyl sites for hydroxylation is 2. The lowest BCUT2D eigenvalue weighted by molar-refractivity contribution is -0.385. The number of hydrogen-bond donors (Lipinski definition) is 1. The molecule has 7 nitrogen and oxygen atoms in total. The van der Waals surface area contributed by atoms with E-state index in [1.54, 1.807) is 19.9 Å². The maximum absolute atomic E-state index is 12.8. The number of nitrogens with zero attached hydrogens (tertiary/aromatic N) is 2. The molecule has 1 aromatic carbocycles. The van der Waals surface area contributed by atoms with Gasteiger partial charge in [-0.15, -0.1) is 0 Å². The Hall–Kier alpha value is -1.51. The van der Waals surface area contributed by atoms with Crippen molar-refractivity contribution in [2.45, 2.75) is 32.1 Å². The van der Waals surface area contributed by atoms with E-state index in [0.29, 0.717) is 37.2 Å². The minimum absolute atomic E-state index is 0.00562. The first-order valence-corrected chi connectivity index (χ1v) is 8.50. The standard InChI is InChI=1S/C14H21N3O4S/c1-10-6-11(2)13(7-12(10)17(18)19)22(20,21)16-5-4-14(3,8-15)9-16/h6-7H,4-5,8-9,15H2,1-3H3. The van der Waals surface area contributed by atoms with Gasteiger partial charge in [0.05, 0.1) is 9.82 Å². The van der Waals surface area contributed by atoms with Gasteiger partial charge in [-0.2, -0.15) is 4.31 Å². The molecular weight excluding hydrogens is 306 g/mol. The zero-order chi connectivity index (χ0) is 16.7. The van der Waals surface area contributed by atoms with Crippen molar-refractivity contribution >= 4 is 15.7 Å². The molecular formula is C14H21N3O4S. The molecule has 0 bridgehead atoms. The molecule has 0 radical (unpaired) electrons. The summed E-state index contributed by atoms with van der Waals surface area (Å²) < 4.78 is 27.0. The van der Waals surface area contributed by atoms with E-state index in [-0.39, 0.29) is 16.0 Å². The third-order valence-electron chi connectivity index (χ3n) is 4.32. The summed E-state index contributed by atoms with van der Waals surface area (Å²) in [6, 6.07) is 2.71. The van der Waals surface area contributed by atoms with Gasteiger partial charge in [0.15, 0.2) is 0 Å². The van der Waals surface area contributed by atoms with E-state index in [0.717, 1.165) is 6.07 Å². The average molecular weight is 327 g/mol. The van der Waals surface area contributed by atoms with Crippen LogP contribution in [0.4, 0.5) is 5.69 Å². The summed E-state index contributed by atoms with van der Waals surface area (Å²) in [6.07, 6.45) is 0.690. The first kappa shape index (κ1) is 16.9. The number of nitrogens with two attached hydrogens (primary N) is 1. The molecule has 2 N–H and O–H groups in total. The first-order valence-electron chi connectivity index (χ1n) is 7.06. The number of nitro groups is 1. The van der Waals surface area contributed by atoms with E-state index in [1.807, 2.05) is 6.92 Å². The highest BCUT2D eigenvalue weighted by atomic mass is 32.2. The van der Waals surface area contributed by atoms with Crippen molar-refractivity contribution < 1.29 is 13.3 Å². The van der Waals surface area contributed by atoms with Crippen LogP contribution in [0.5, 0.6) is 0 Å². The molecule has 0 aliphatic carbocycles. The normalized spacial score (nSPS) is 22.9. The Labute approximate surface area is 130 Å². The number of benzene rings is 1. The van der Waals surface area contributed by atoms with Crippen LogP contribution in [-0.2, 0) is 10.0 Å². The topological polar surface area (TPSA) is 107 Å².